The molecule has 0 amide bonds. The van der Waals surface area contributed by atoms with Crippen LogP contribution in [-0.4, -0.2) is 72.9 Å². The van der Waals surface area contributed by atoms with Crippen LogP contribution in [-0.2, 0) is 0 Å². The van der Waals surface area contributed by atoms with Crippen LogP contribution in [0.5, 0.6) is 0 Å². The number of aliphatic hydroxyl groups excluding tert-OH is 1. The van der Waals surface area contributed by atoms with Gasteiger partial charge < -0.3 is 20.2 Å². The minimum atomic E-state index is 0.0494. The first-order valence-electron chi connectivity index (χ1n) is 8.51. The van der Waals surface area contributed by atoms with Crippen molar-refractivity contribution in [3.8, 4) is 0 Å². The van der Waals surface area contributed by atoms with Crippen molar-refractivity contribution < 1.29 is 5.11 Å². The van der Waals surface area contributed by atoms with Crippen molar-refractivity contribution >= 4 is 0 Å². The van der Waals surface area contributed by atoms with Gasteiger partial charge >= 0.3 is 0 Å². The molecule has 4 nitrogen and oxygen atoms in total. The highest BCUT2D eigenvalue weighted by Crippen LogP contribution is 2.40. The molecule has 0 aromatic heterocycles. The zero-order valence-corrected chi connectivity index (χ0v) is 13.0. The van der Waals surface area contributed by atoms with Crippen LogP contribution in [0.3, 0.4) is 0 Å². The van der Waals surface area contributed by atoms with Gasteiger partial charge in [0.2, 0.25) is 0 Å². The van der Waals surface area contributed by atoms with E-state index in [-0.39, 0.29) is 5.54 Å². The summed E-state index contributed by atoms with van der Waals surface area (Å²) in [5, 5.41) is 13.7. The van der Waals surface area contributed by atoms with Crippen molar-refractivity contribution in [1.29, 1.82) is 0 Å². The molecule has 4 heteroatoms. The molecule has 0 aromatic rings. The standard InChI is InChI=1S/C16H31N3O/c1-18-9-11-19(12-10-18)8-6-14-3-2-7-16(14,13-20)17-15-4-5-15/h14-15,17,20H,2-13H2,1H3. The van der Waals surface area contributed by atoms with Crippen molar-refractivity contribution in [1.82, 2.24) is 15.1 Å². The molecule has 20 heavy (non-hydrogen) atoms. The second kappa shape index (κ2) is 6.30. The van der Waals surface area contributed by atoms with Gasteiger partial charge in [-0.1, -0.05) is 6.42 Å². The fourth-order valence-corrected chi connectivity index (χ4v) is 4.05. The number of rotatable bonds is 6. The Balaban J connectivity index is 1.50. The van der Waals surface area contributed by atoms with Gasteiger partial charge in [0.05, 0.1) is 6.61 Å². The van der Waals surface area contributed by atoms with Gasteiger partial charge in [0.1, 0.15) is 0 Å². The van der Waals surface area contributed by atoms with Gasteiger partial charge in [-0.15, -0.1) is 0 Å². The molecule has 3 fully saturated rings. The lowest BCUT2D eigenvalue weighted by Gasteiger charge is -2.38. The van der Waals surface area contributed by atoms with E-state index in [0.29, 0.717) is 18.6 Å². The SMILES string of the molecule is CN1CCN(CCC2CCCC2(CO)NC2CC2)CC1. The topological polar surface area (TPSA) is 38.7 Å². The first-order valence-corrected chi connectivity index (χ1v) is 8.51. The largest absolute Gasteiger partial charge is 0.394 e. The average molecular weight is 281 g/mol. The number of piperazine rings is 1. The summed E-state index contributed by atoms with van der Waals surface area (Å²) in [7, 11) is 2.21. The highest BCUT2D eigenvalue weighted by atomic mass is 16.3. The smallest absolute Gasteiger partial charge is 0.0616 e. The Morgan fingerprint density at radius 1 is 1.15 bits per heavy atom. The quantitative estimate of drug-likeness (QED) is 0.759. The van der Waals surface area contributed by atoms with E-state index >= 15 is 0 Å². The van der Waals surface area contributed by atoms with Crippen molar-refractivity contribution in [3.05, 3.63) is 0 Å². The summed E-state index contributed by atoms with van der Waals surface area (Å²) in [6.07, 6.45) is 7.64. The molecule has 116 valence electrons. The molecule has 2 aliphatic carbocycles. The van der Waals surface area contributed by atoms with Crippen LogP contribution >= 0.6 is 0 Å². The van der Waals surface area contributed by atoms with Crippen molar-refractivity contribution in [2.45, 2.75) is 50.1 Å². The number of hydrogen-bond donors (Lipinski definition) is 2. The highest BCUT2D eigenvalue weighted by Gasteiger charge is 2.44. The van der Waals surface area contributed by atoms with Crippen LogP contribution < -0.4 is 5.32 Å². The molecule has 2 saturated carbocycles. The predicted molar refractivity (Wildman–Crippen MR) is 81.9 cm³/mol. The van der Waals surface area contributed by atoms with Crippen LogP contribution in [0, 0.1) is 5.92 Å². The molecule has 0 bridgehead atoms. The van der Waals surface area contributed by atoms with Crippen LogP contribution in [0.2, 0.25) is 0 Å². The summed E-state index contributed by atoms with van der Waals surface area (Å²) in [6.45, 7) is 6.38. The molecule has 0 spiro atoms. The van der Waals surface area contributed by atoms with Gasteiger partial charge in [-0.2, -0.15) is 0 Å². The maximum Gasteiger partial charge on any atom is 0.0616 e. The van der Waals surface area contributed by atoms with E-state index in [1.807, 2.05) is 0 Å². The minimum absolute atomic E-state index is 0.0494. The predicted octanol–water partition coefficient (Wildman–Crippen LogP) is 0.907. The maximum absolute atomic E-state index is 9.95. The number of likely N-dealkylation sites (N-methyl/N-ethyl adjacent to an activating group) is 1. The summed E-state index contributed by atoms with van der Waals surface area (Å²) >= 11 is 0. The van der Waals surface area contributed by atoms with Gasteiger partial charge in [0.25, 0.3) is 0 Å². The van der Waals surface area contributed by atoms with E-state index in [9.17, 15) is 5.11 Å². The molecule has 2 N–H and O–H groups in total. The molecule has 0 radical (unpaired) electrons. The summed E-state index contributed by atoms with van der Waals surface area (Å²) < 4.78 is 0. The summed E-state index contributed by atoms with van der Waals surface area (Å²) in [5.74, 6) is 0.674. The normalized spacial score (nSPS) is 36.6. The Labute approximate surface area is 123 Å². The van der Waals surface area contributed by atoms with Crippen molar-refractivity contribution in [2.24, 2.45) is 5.92 Å². The monoisotopic (exact) mass is 281 g/mol. The number of nitrogens with zero attached hydrogens (tertiary/aromatic N) is 2. The number of nitrogens with one attached hydrogen (secondary N) is 1. The molecule has 1 saturated heterocycles. The number of aliphatic hydroxyl groups is 1. The lowest BCUT2D eigenvalue weighted by atomic mass is 9.85. The van der Waals surface area contributed by atoms with Crippen LogP contribution in [0.4, 0.5) is 0 Å². The lowest BCUT2D eigenvalue weighted by molar-refractivity contribution is 0.0986. The third kappa shape index (κ3) is 3.35. The molecule has 0 aromatic carbocycles. The van der Waals surface area contributed by atoms with E-state index in [4.69, 9.17) is 0 Å². The van der Waals surface area contributed by atoms with Crippen LogP contribution in [0.25, 0.3) is 0 Å². The fraction of sp³-hybridized carbons (Fsp3) is 1.00. The first-order chi connectivity index (χ1) is 9.72. The summed E-state index contributed by atoms with van der Waals surface area (Å²) in [4.78, 5) is 5.02. The van der Waals surface area contributed by atoms with E-state index in [1.165, 1.54) is 71.2 Å². The molecule has 1 aliphatic heterocycles. The molecular formula is C16H31N3O. The zero-order valence-electron chi connectivity index (χ0n) is 13.0. The Kier molecular flexibility index (Phi) is 4.65. The van der Waals surface area contributed by atoms with Gasteiger partial charge in [-0.05, 0) is 51.6 Å². The van der Waals surface area contributed by atoms with Gasteiger partial charge in [-0.3, -0.25) is 0 Å². The molecule has 2 atom stereocenters. The van der Waals surface area contributed by atoms with E-state index < -0.39 is 0 Å². The molecular weight excluding hydrogens is 250 g/mol. The second-order valence-corrected chi connectivity index (χ2v) is 7.26. The number of hydrogen-bond acceptors (Lipinski definition) is 4. The maximum atomic E-state index is 9.95. The Bertz CT molecular complexity index is 313. The molecule has 1 heterocycles. The summed E-state index contributed by atoms with van der Waals surface area (Å²) in [5.41, 5.74) is 0.0494. The highest BCUT2D eigenvalue weighted by molar-refractivity contribution is 5.03. The average Bonchev–Trinajstić information content (AvgIpc) is 3.18. The third-order valence-electron chi connectivity index (χ3n) is 5.70. The molecule has 3 aliphatic rings. The molecule has 3 rings (SSSR count). The zero-order chi connectivity index (χ0) is 14.0. The van der Waals surface area contributed by atoms with Crippen molar-refractivity contribution in [2.75, 3.05) is 46.4 Å². The Morgan fingerprint density at radius 3 is 2.55 bits per heavy atom. The molecule has 2 unspecified atom stereocenters. The van der Waals surface area contributed by atoms with E-state index in [2.05, 4.69) is 22.2 Å². The fourth-order valence-electron chi connectivity index (χ4n) is 4.05. The lowest BCUT2D eigenvalue weighted by Crippen LogP contribution is -2.53. The minimum Gasteiger partial charge on any atom is -0.394 e. The first kappa shape index (κ1) is 14.8. The Hall–Kier alpha value is -0.160. The van der Waals surface area contributed by atoms with Gasteiger partial charge in [-0.25, -0.2) is 0 Å². The summed E-state index contributed by atoms with van der Waals surface area (Å²) in [6, 6.07) is 0.700. The van der Waals surface area contributed by atoms with Gasteiger partial charge in [0.15, 0.2) is 0 Å². The van der Waals surface area contributed by atoms with Crippen molar-refractivity contribution in [3.63, 3.8) is 0 Å². The third-order valence-corrected chi connectivity index (χ3v) is 5.70. The second-order valence-electron chi connectivity index (χ2n) is 7.26. The Morgan fingerprint density at radius 2 is 1.90 bits per heavy atom. The van der Waals surface area contributed by atoms with E-state index in [0.717, 1.165) is 0 Å². The van der Waals surface area contributed by atoms with E-state index in [1.54, 1.807) is 0 Å². The van der Waals surface area contributed by atoms with Crippen LogP contribution in [0.1, 0.15) is 38.5 Å². The van der Waals surface area contributed by atoms with Gasteiger partial charge in [0, 0.05) is 37.8 Å². The van der Waals surface area contributed by atoms with Crippen LogP contribution in [0.15, 0.2) is 0 Å².